The second-order valence-electron chi connectivity index (χ2n) is 0.588. The first-order valence-electron chi connectivity index (χ1n) is 1.21. The largest absolute Gasteiger partial charge is 1.00 e. The summed E-state index contributed by atoms with van der Waals surface area (Å²) in [5.74, 6) is 0. The molecule has 0 radical (unpaired) electrons. The molecule has 0 aliphatic carbocycles. The molecule has 0 saturated heterocycles. The summed E-state index contributed by atoms with van der Waals surface area (Å²) in [6.07, 6.45) is 1.66. The Morgan fingerprint density at radius 2 is 2.00 bits per heavy atom. The second-order valence-corrected chi connectivity index (χ2v) is 1.23. The van der Waals surface area contributed by atoms with Crippen LogP contribution in [0.5, 0.6) is 0 Å². The minimum absolute atomic E-state index is 0. The van der Waals surface area contributed by atoms with Crippen molar-refractivity contribution < 1.29 is 59.1 Å². The smallest absolute Gasteiger partial charge is 0.147 e. The van der Waals surface area contributed by atoms with E-state index in [1.54, 1.807) is 6.20 Å². The summed E-state index contributed by atoms with van der Waals surface area (Å²) >= 11 is 1.35. The molecule has 0 aromatic carbocycles. The van der Waals surface area contributed by atoms with E-state index in [9.17, 15) is 0 Å². The summed E-state index contributed by atoms with van der Waals surface area (Å²) in [6.45, 7) is 0. The van der Waals surface area contributed by atoms with Crippen molar-refractivity contribution in [2.24, 2.45) is 0 Å². The Balaban J connectivity index is 0. The number of hydrogen-bond acceptors (Lipinski definition) is 3. The van der Waals surface area contributed by atoms with Gasteiger partial charge in [0.25, 0.3) is 0 Å². The van der Waals surface area contributed by atoms with Crippen LogP contribution in [0.4, 0.5) is 0 Å². The minimum atomic E-state index is 0. The zero-order chi connectivity index (χ0) is 3.54. The van der Waals surface area contributed by atoms with Gasteiger partial charge in [0.05, 0.1) is 6.20 Å². The average Bonchev–Trinajstić information content (AvgIpc) is 1.76. The topological polar surface area (TPSA) is 25.8 Å². The van der Waals surface area contributed by atoms with Gasteiger partial charge in [0.15, 0.2) is 0 Å². The standard InChI is InChI=1S/C2H2N2S.2Na/c1-2-5-4-3-1;;/h1-2H;;/q;2*+1. The van der Waals surface area contributed by atoms with E-state index in [4.69, 9.17) is 0 Å². The van der Waals surface area contributed by atoms with Crippen LogP contribution in [0.1, 0.15) is 0 Å². The van der Waals surface area contributed by atoms with E-state index >= 15 is 0 Å². The molecule has 0 unspecified atom stereocenters. The fourth-order valence-electron chi connectivity index (χ4n) is 0.136. The number of nitrogens with zero attached hydrogens (tertiary/aromatic N) is 2. The Hall–Kier alpha value is 1.56. The van der Waals surface area contributed by atoms with Crippen LogP contribution in [-0.2, 0) is 0 Å². The molecule has 7 heavy (non-hydrogen) atoms. The molecule has 0 fully saturated rings. The SMILES string of the molecule is [Na+].[Na+].c1csnn1. The van der Waals surface area contributed by atoms with Crippen molar-refractivity contribution in [3.63, 3.8) is 0 Å². The first kappa shape index (κ1) is 11.4. The summed E-state index contributed by atoms with van der Waals surface area (Å²) in [7, 11) is 0. The van der Waals surface area contributed by atoms with Gasteiger partial charge in [-0.15, -0.1) is 5.10 Å². The molecule has 2 nitrogen and oxygen atoms in total. The molecule has 0 atom stereocenters. The molecular weight excluding hydrogens is 130 g/mol. The molecule has 0 aliphatic heterocycles. The Labute approximate surface area is 90.4 Å². The zero-order valence-electron chi connectivity index (χ0n) is 4.46. The third-order valence-corrected chi connectivity index (χ3v) is 0.715. The van der Waals surface area contributed by atoms with E-state index in [0.29, 0.717) is 0 Å². The third-order valence-electron chi connectivity index (χ3n) is 0.283. The first-order valence-corrected chi connectivity index (χ1v) is 2.05. The van der Waals surface area contributed by atoms with Gasteiger partial charge in [0, 0.05) is 5.38 Å². The maximum Gasteiger partial charge on any atom is 1.00 e. The van der Waals surface area contributed by atoms with Crippen LogP contribution in [0.15, 0.2) is 11.6 Å². The van der Waals surface area contributed by atoms with Gasteiger partial charge in [0.2, 0.25) is 0 Å². The van der Waals surface area contributed by atoms with E-state index in [1.165, 1.54) is 11.5 Å². The number of aromatic nitrogens is 2. The van der Waals surface area contributed by atoms with Crippen molar-refractivity contribution in [3.8, 4) is 0 Å². The molecule has 1 aromatic heterocycles. The summed E-state index contributed by atoms with van der Waals surface area (Å²) < 4.78 is 3.51. The van der Waals surface area contributed by atoms with Gasteiger partial charge in [-0.1, -0.05) is 4.49 Å². The van der Waals surface area contributed by atoms with Gasteiger partial charge in [-0.3, -0.25) is 0 Å². The summed E-state index contributed by atoms with van der Waals surface area (Å²) in [5, 5.41) is 5.31. The summed E-state index contributed by atoms with van der Waals surface area (Å²) in [5.41, 5.74) is 0. The fourth-order valence-corrected chi connectivity index (χ4v) is 0.408. The van der Waals surface area contributed by atoms with Gasteiger partial charge >= 0.3 is 59.1 Å². The van der Waals surface area contributed by atoms with Crippen LogP contribution in [0.2, 0.25) is 0 Å². The van der Waals surface area contributed by atoms with Gasteiger partial charge in [-0.25, -0.2) is 0 Å². The van der Waals surface area contributed by atoms with Crippen molar-refractivity contribution in [3.05, 3.63) is 11.6 Å². The van der Waals surface area contributed by atoms with Crippen LogP contribution < -0.4 is 59.1 Å². The maximum absolute atomic E-state index is 3.51. The molecule has 0 amide bonds. The fraction of sp³-hybridized carbons (Fsp3) is 0. The van der Waals surface area contributed by atoms with Crippen molar-refractivity contribution in [1.29, 1.82) is 0 Å². The molecule has 0 spiro atoms. The van der Waals surface area contributed by atoms with Crippen LogP contribution in [0.25, 0.3) is 0 Å². The molecule has 0 N–H and O–H groups in total. The molecule has 1 aromatic rings. The Bertz CT molecular complexity index is 70.2. The van der Waals surface area contributed by atoms with E-state index in [2.05, 4.69) is 9.59 Å². The first-order chi connectivity index (χ1) is 2.50. The molecule has 0 bridgehead atoms. The van der Waals surface area contributed by atoms with Crippen LogP contribution in [0, 0.1) is 0 Å². The Kier molecular flexibility index (Phi) is 12.3. The molecule has 1 heterocycles. The van der Waals surface area contributed by atoms with Gasteiger partial charge in [-0.2, -0.15) is 0 Å². The van der Waals surface area contributed by atoms with Gasteiger partial charge in [-0.05, 0) is 11.5 Å². The maximum atomic E-state index is 3.51. The van der Waals surface area contributed by atoms with Crippen molar-refractivity contribution >= 4 is 11.5 Å². The van der Waals surface area contributed by atoms with Crippen LogP contribution >= 0.6 is 11.5 Å². The normalized spacial score (nSPS) is 5.71. The van der Waals surface area contributed by atoms with Gasteiger partial charge < -0.3 is 0 Å². The van der Waals surface area contributed by atoms with E-state index in [-0.39, 0.29) is 59.1 Å². The quantitative estimate of drug-likeness (QED) is 0.329. The number of hydrogen-bond donors (Lipinski definition) is 0. The minimum Gasteiger partial charge on any atom is -0.147 e. The molecular formula is C2H2N2Na2S+2. The van der Waals surface area contributed by atoms with Gasteiger partial charge in [0.1, 0.15) is 0 Å². The van der Waals surface area contributed by atoms with E-state index in [1.807, 2.05) is 5.38 Å². The van der Waals surface area contributed by atoms with Crippen molar-refractivity contribution in [1.82, 2.24) is 9.59 Å². The van der Waals surface area contributed by atoms with E-state index in [0.717, 1.165) is 0 Å². The predicted octanol–water partition coefficient (Wildman–Crippen LogP) is -5.45. The van der Waals surface area contributed by atoms with Crippen molar-refractivity contribution in [2.45, 2.75) is 0 Å². The monoisotopic (exact) mass is 132 g/mol. The molecule has 0 aliphatic rings. The average molecular weight is 132 g/mol. The Morgan fingerprint density at radius 3 is 2.14 bits per heavy atom. The Morgan fingerprint density at radius 1 is 1.29 bits per heavy atom. The molecule has 1 rings (SSSR count). The molecule has 26 valence electrons. The number of rotatable bonds is 0. The van der Waals surface area contributed by atoms with Crippen LogP contribution in [0.3, 0.4) is 0 Å². The summed E-state index contributed by atoms with van der Waals surface area (Å²) in [6, 6.07) is 0. The zero-order valence-corrected chi connectivity index (χ0v) is 9.27. The third kappa shape index (κ3) is 5.43. The van der Waals surface area contributed by atoms with E-state index < -0.39 is 0 Å². The van der Waals surface area contributed by atoms with Crippen molar-refractivity contribution in [2.75, 3.05) is 0 Å². The summed E-state index contributed by atoms with van der Waals surface area (Å²) in [4.78, 5) is 0. The second kappa shape index (κ2) is 7.56. The molecule has 0 saturated carbocycles. The molecule has 5 heteroatoms. The predicted molar refractivity (Wildman–Crippen MR) is 19.9 cm³/mol. The van der Waals surface area contributed by atoms with Crippen LogP contribution in [-0.4, -0.2) is 9.59 Å².